The molecule has 0 rings (SSSR count). The molecule has 2 nitrogen and oxygen atoms in total. The molecule has 0 saturated heterocycles. The molecule has 0 N–H and O–H groups in total. The fraction of sp³-hybridized carbons (Fsp3) is 1.00. The van der Waals surface area contributed by atoms with Crippen LogP contribution in [0.25, 0.3) is 0 Å². The Morgan fingerprint density at radius 2 is 1.77 bits per heavy atom. The maximum atomic E-state index is 5.44. The Hall–Kier alpha value is -0.0800. The molecule has 0 aromatic heterocycles. The van der Waals surface area contributed by atoms with Crippen molar-refractivity contribution in [1.29, 1.82) is 0 Å². The van der Waals surface area contributed by atoms with Gasteiger partial charge in [-0.25, -0.2) is 0 Å². The zero-order chi connectivity index (χ0) is 10.3. The average Bonchev–Trinajstić information content (AvgIpc) is 2.10. The summed E-state index contributed by atoms with van der Waals surface area (Å²) in [5.41, 5.74) is 0. The van der Waals surface area contributed by atoms with E-state index >= 15 is 0 Å². The van der Waals surface area contributed by atoms with E-state index in [1.807, 2.05) is 0 Å². The van der Waals surface area contributed by atoms with E-state index in [4.69, 9.17) is 4.74 Å². The van der Waals surface area contributed by atoms with E-state index in [-0.39, 0.29) is 0 Å². The van der Waals surface area contributed by atoms with Gasteiger partial charge in [0.25, 0.3) is 0 Å². The summed E-state index contributed by atoms with van der Waals surface area (Å²) in [7, 11) is 2.17. The van der Waals surface area contributed by atoms with Crippen molar-refractivity contribution in [3.8, 4) is 0 Å². The molecule has 0 aliphatic carbocycles. The minimum atomic E-state index is 0.644. The van der Waals surface area contributed by atoms with E-state index in [2.05, 4.69) is 39.6 Å². The summed E-state index contributed by atoms with van der Waals surface area (Å²) in [5, 5.41) is 0. The van der Waals surface area contributed by atoms with Crippen molar-refractivity contribution >= 4 is 0 Å². The average molecular weight is 187 g/mol. The smallest absolute Gasteiger partial charge is 0.0593 e. The van der Waals surface area contributed by atoms with Crippen LogP contribution in [0.2, 0.25) is 0 Å². The topological polar surface area (TPSA) is 12.5 Å². The summed E-state index contributed by atoms with van der Waals surface area (Å²) in [6.07, 6.45) is 1.11. The summed E-state index contributed by atoms with van der Waals surface area (Å²) in [6, 6.07) is 0.644. The Bertz CT molecular complexity index is 115. The fourth-order valence-corrected chi connectivity index (χ4v) is 1.17. The first-order valence-corrected chi connectivity index (χ1v) is 5.37. The van der Waals surface area contributed by atoms with Crippen LogP contribution >= 0.6 is 0 Å². The third kappa shape index (κ3) is 6.05. The number of likely N-dealkylation sites (N-methyl/N-ethyl adjacent to an activating group) is 1. The molecule has 0 heterocycles. The molecule has 0 aromatic rings. The lowest BCUT2D eigenvalue weighted by molar-refractivity contribution is 0.0930. The third-order valence-electron chi connectivity index (χ3n) is 2.60. The quantitative estimate of drug-likeness (QED) is 0.567. The molecular formula is C11H25NO. The lowest BCUT2D eigenvalue weighted by atomic mass is 10.1. The van der Waals surface area contributed by atoms with Gasteiger partial charge in [-0.05, 0) is 26.3 Å². The SMILES string of the molecule is CCCOCCN(C)C(C)C(C)C. The third-order valence-corrected chi connectivity index (χ3v) is 2.60. The highest BCUT2D eigenvalue weighted by atomic mass is 16.5. The maximum Gasteiger partial charge on any atom is 0.0593 e. The summed E-state index contributed by atoms with van der Waals surface area (Å²) in [6.45, 7) is 11.7. The van der Waals surface area contributed by atoms with Gasteiger partial charge < -0.3 is 9.64 Å². The maximum absolute atomic E-state index is 5.44. The van der Waals surface area contributed by atoms with Crippen LogP contribution in [-0.2, 0) is 4.74 Å². The van der Waals surface area contributed by atoms with Gasteiger partial charge >= 0.3 is 0 Å². The van der Waals surface area contributed by atoms with E-state index in [0.29, 0.717) is 6.04 Å². The molecule has 0 amide bonds. The van der Waals surface area contributed by atoms with Gasteiger partial charge in [-0.1, -0.05) is 20.8 Å². The Morgan fingerprint density at radius 1 is 1.15 bits per heavy atom. The molecule has 0 fully saturated rings. The first kappa shape index (κ1) is 12.9. The molecule has 2 heteroatoms. The first-order valence-electron chi connectivity index (χ1n) is 5.37. The predicted octanol–water partition coefficient (Wildman–Crippen LogP) is 2.39. The Kier molecular flexibility index (Phi) is 7.29. The molecule has 13 heavy (non-hydrogen) atoms. The summed E-state index contributed by atoms with van der Waals surface area (Å²) in [4.78, 5) is 2.36. The van der Waals surface area contributed by atoms with Crippen molar-refractivity contribution in [1.82, 2.24) is 4.90 Å². The Balaban J connectivity index is 3.44. The van der Waals surface area contributed by atoms with Crippen molar-refractivity contribution < 1.29 is 4.74 Å². The van der Waals surface area contributed by atoms with Crippen molar-refractivity contribution in [2.75, 3.05) is 26.8 Å². The summed E-state index contributed by atoms with van der Waals surface area (Å²) >= 11 is 0. The molecule has 0 aliphatic rings. The minimum Gasteiger partial charge on any atom is -0.380 e. The summed E-state index contributed by atoms with van der Waals surface area (Å²) < 4.78 is 5.44. The Morgan fingerprint density at radius 3 is 2.23 bits per heavy atom. The molecule has 1 atom stereocenters. The molecule has 0 aromatic carbocycles. The van der Waals surface area contributed by atoms with Gasteiger partial charge in [0.1, 0.15) is 0 Å². The predicted molar refractivity (Wildman–Crippen MR) is 58.0 cm³/mol. The van der Waals surface area contributed by atoms with Gasteiger partial charge in [-0.2, -0.15) is 0 Å². The second kappa shape index (κ2) is 7.34. The van der Waals surface area contributed by atoms with E-state index in [1.54, 1.807) is 0 Å². The van der Waals surface area contributed by atoms with Crippen LogP contribution < -0.4 is 0 Å². The largest absolute Gasteiger partial charge is 0.380 e. The van der Waals surface area contributed by atoms with Gasteiger partial charge in [0.15, 0.2) is 0 Å². The van der Waals surface area contributed by atoms with Crippen molar-refractivity contribution in [2.45, 2.75) is 40.2 Å². The fourth-order valence-electron chi connectivity index (χ4n) is 1.17. The van der Waals surface area contributed by atoms with Crippen LogP contribution in [-0.4, -0.2) is 37.7 Å². The molecule has 0 bridgehead atoms. The van der Waals surface area contributed by atoms with Crippen LogP contribution in [0.1, 0.15) is 34.1 Å². The van der Waals surface area contributed by atoms with Crippen molar-refractivity contribution in [3.05, 3.63) is 0 Å². The van der Waals surface area contributed by atoms with Gasteiger partial charge in [0.05, 0.1) is 6.61 Å². The molecule has 80 valence electrons. The second-order valence-electron chi connectivity index (χ2n) is 4.08. The van der Waals surface area contributed by atoms with Gasteiger partial charge in [0, 0.05) is 19.2 Å². The number of hydrogen-bond acceptors (Lipinski definition) is 2. The molecule has 0 saturated carbocycles. The number of hydrogen-bond donors (Lipinski definition) is 0. The standard InChI is InChI=1S/C11H25NO/c1-6-8-13-9-7-12(5)11(4)10(2)3/h10-11H,6-9H2,1-5H3. The van der Waals surface area contributed by atoms with Crippen LogP contribution in [0.5, 0.6) is 0 Å². The first-order chi connectivity index (χ1) is 6.09. The van der Waals surface area contributed by atoms with Gasteiger partial charge in [-0.3, -0.25) is 0 Å². The molecule has 0 radical (unpaired) electrons. The zero-order valence-corrected chi connectivity index (χ0v) is 9.84. The highest BCUT2D eigenvalue weighted by Crippen LogP contribution is 2.06. The highest BCUT2D eigenvalue weighted by Gasteiger charge is 2.11. The van der Waals surface area contributed by atoms with Crippen molar-refractivity contribution in [3.63, 3.8) is 0 Å². The Labute approximate surface area is 83.3 Å². The van der Waals surface area contributed by atoms with Gasteiger partial charge in [0.2, 0.25) is 0 Å². The highest BCUT2D eigenvalue weighted by molar-refractivity contribution is 4.66. The lowest BCUT2D eigenvalue weighted by Gasteiger charge is -2.27. The monoisotopic (exact) mass is 187 g/mol. The minimum absolute atomic E-state index is 0.644. The molecule has 0 spiro atoms. The van der Waals surface area contributed by atoms with Gasteiger partial charge in [-0.15, -0.1) is 0 Å². The zero-order valence-electron chi connectivity index (χ0n) is 9.84. The van der Waals surface area contributed by atoms with Crippen LogP contribution in [0.3, 0.4) is 0 Å². The van der Waals surface area contributed by atoms with Crippen LogP contribution in [0.4, 0.5) is 0 Å². The van der Waals surface area contributed by atoms with Crippen molar-refractivity contribution in [2.24, 2.45) is 5.92 Å². The number of ether oxygens (including phenoxy) is 1. The number of rotatable bonds is 7. The molecule has 1 unspecified atom stereocenters. The lowest BCUT2D eigenvalue weighted by Crippen LogP contribution is -2.35. The number of nitrogens with zero attached hydrogens (tertiary/aromatic N) is 1. The summed E-state index contributed by atoms with van der Waals surface area (Å²) in [5.74, 6) is 0.719. The van der Waals surface area contributed by atoms with E-state index in [1.165, 1.54) is 0 Å². The normalized spacial score (nSPS) is 14.1. The van der Waals surface area contributed by atoms with E-state index < -0.39 is 0 Å². The van der Waals surface area contributed by atoms with E-state index in [0.717, 1.165) is 32.1 Å². The van der Waals surface area contributed by atoms with E-state index in [9.17, 15) is 0 Å². The van der Waals surface area contributed by atoms with Crippen LogP contribution in [0.15, 0.2) is 0 Å². The second-order valence-corrected chi connectivity index (χ2v) is 4.08. The molecule has 0 aliphatic heterocycles. The molecular weight excluding hydrogens is 162 g/mol. The van der Waals surface area contributed by atoms with Crippen LogP contribution in [0, 0.1) is 5.92 Å².